The first-order valence-electron chi connectivity index (χ1n) is 12.3. The van der Waals surface area contributed by atoms with Crippen molar-refractivity contribution in [3.63, 3.8) is 0 Å². The molecule has 2 fully saturated rings. The number of carbonyl (C=O) groups is 1. The van der Waals surface area contributed by atoms with Crippen LogP contribution in [0.25, 0.3) is 0 Å². The van der Waals surface area contributed by atoms with Crippen LogP contribution in [0.2, 0.25) is 0 Å². The molecule has 0 aliphatic carbocycles. The first kappa shape index (κ1) is 24.4. The molecule has 168 valence electrons. The van der Waals surface area contributed by atoms with Crippen LogP contribution < -0.4 is 0 Å². The highest BCUT2D eigenvalue weighted by Crippen LogP contribution is 2.35. The number of hydrogen-bond donors (Lipinski definition) is 0. The van der Waals surface area contributed by atoms with E-state index >= 15 is 0 Å². The average molecular weight is 409 g/mol. The summed E-state index contributed by atoms with van der Waals surface area (Å²) in [6.07, 6.45) is 23.0. The SMILES string of the molecule is C=CCOC(=O)CCCCCCCCC1OC1CCCC1OC1CCCCCC. The zero-order valence-electron chi connectivity index (χ0n) is 18.7. The summed E-state index contributed by atoms with van der Waals surface area (Å²) in [6.45, 7) is 6.13. The van der Waals surface area contributed by atoms with E-state index in [4.69, 9.17) is 14.2 Å². The number of rotatable bonds is 20. The lowest BCUT2D eigenvalue weighted by molar-refractivity contribution is -0.142. The standard InChI is InChI=1S/C25H44O4/c1-3-5-6-11-15-21-23(28-21)17-14-18-24-22(29-24)16-12-9-7-8-10-13-19-25(26)27-20-4-2/h4,21-24H,2-3,5-20H2,1H3. The van der Waals surface area contributed by atoms with E-state index in [1.54, 1.807) is 6.08 Å². The molecular weight excluding hydrogens is 364 g/mol. The average Bonchev–Trinajstić information content (AvgIpc) is 3.63. The Labute approximate surface area is 178 Å². The summed E-state index contributed by atoms with van der Waals surface area (Å²) in [5.74, 6) is -0.0995. The van der Waals surface area contributed by atoms with Gasteiger partial charge in [0.05, 0.1) is 24.4 Å². The Kier molecular flexibility index (Phi) is 12.6. The Morgan fingerprint density at radius 3 is 1.79 bits per heavy atom. The minimum Gasteiger partial charge on any atom is -0.461 e. The molecule has 2 saturated heterocycles. The molecule has 0 aromatic heterocycles. The highest BCUT2D eigenvalue weighted by Gasteiger charge is 2.40. The largest absolute Gasteiger partial charge is 0.461 e. The van der Waals surface area contributed by atoms with Gasteiger partial charge in [0.1, 0.15) is 6.61 Å². The number of carbonyl (C=O) groups excluding carboxylic acids is 1. The fourth-order valence-corrected chi connectivity index (χ4v) is 4.21. The maximum absolute atomic E-state index is 11.4. The molecule has 4 atom stereocenters. The van der Waals surface area contributed by atoms with E-state index < -0.39 is 0 Å². The Morgan fingerprint density at radius 1 is 0.759 bits per heavy atom. The topological polar surface area (TPSA) is 51.4 Å². The van der Waals surface area contributed by atoms with Crippen LogP contribution in [0.15, 0.2) is 12.7 Å². The van der Waals surface area contributed by atoms with E-state index in [9.17, 15) is 4.79 Å². The van der Waals surface area contributed by atoms with Crippen molar-refractivity contribution in [1.82, 2.24) is 0 Å². The van der Waals surface area contributed by atoms with Crippen molar-refractivity contribution in [2.75, 3.05) is 6.61 Å². The summed E-state index contributed by atoms with van der Waals surface area (Å²) < 4.78 is 16.6. The van der Waals surface area contributed by atoms with E-state index in [-0.39, 0.29) is 5.97 Å². The number of epoxide rings is 2. The molecule has 4 heteroatoms. The van der Waals surface area contributed by atoms with Crippen LogP contribution in [0.3, 0.4) is 0 Å². The summed E-state index contributed by atoms with van der Waals surface area (Å²) in [5, 5.41) is 0. The molecule has 4 nitrogen and oxygen atoms in total. The Balaban J connectivity index is 1.29. The van der Waals surface area contributed by atoms with Gasteiger partial charge in [-0.05, 0) is 38.5 Å². The summed E-state index contributed by atoms with van der Waals surface area (Å²) in [5.41, 5.74) is 0. The molecule has 0 saturated carbocycles. The van der Waals surface area contributed by atoms with Crippen molar-refractivity contribution in [2.45, 2.75) is 134 Å². The fraction of sp³-hybridized carbons (Fsp3) is 0.880. The molecule has 0 spiro atoms. The highest BCUT2D eigenvalue weighted by atomic mass is 16.6. The second kappa shape index (κ2) is 15.0. The van der Waals surface area contributed by atoms with Crippen LogP contribution in [-0.4, -0.2) is 37.0 Å². The van der Waals surface area contributed by atoms with Crippen molar-refractivity contribution >= 4 is 5.97 Å². The van der Waals surface area contributed by atoms with Gasteiger partial charge in [-0.15, -0.1) is 0 Å². The molecule has 2 heterocycles. The third kappa shape index (κ3) is 11.8. The van der Waals surface area contributed by atoms with E-state index in [1.165, 1.54) is 83.5 Å². The van der Waals surface area contributed by atoms with Gasteiger partial charge in [-0.25, -0.2) is 0 Å². The van der Waals surface area contributed by atoms with Crippen molar-refractivity contribution < 1.29 is 19.0 Å². The molecule has 0 aromatic rings. The minimum atomic E-state index is -0.0995. The van der Waals surface area contributed by atoms with Crippen LogP contribution in [0.4, 0.5) is 0 Å². The zero-order valence-corrected chi connectivity index (χ0v) is 18.7. The first-order chi connectivity index (χ1) is 14.2. The van der Waals surface area contributed by atoms with Crippen molar-refractivity contribution in [3.8, 4) is 0 Å². The van der Waals surface area contributed by atoms with Crippen molar-refractivity contribution in [1.29, 1.82) is 0 Å². The van der Waals surface area contributed by atoms with E-state index in [0.717, 1.165) is 12.8 Å². The van der Waals surface area contributed by atoms with Gasteiger partial charge in [0.15, 0.2) is 0 Å². The van der Waals surface area contributed by atoms with Crippen LogP contribution in [0, 0.1) is 0 Å². The predicted octanol–water partition coefficient (Wildman–Crippen LogP) is 6.51. The van der Waals surface area contributed by atoms with Crippen molar-refractivity contribution in [2.24, 2.45) is 0 Å². The summed E-state index contributed by atoms with van der Waals surface area (Å²) >= 11 is 0. The van der Waals surface area contributed by atoms with Gasteiger partial charge in [0.25, 0.3) is 0 Å². The summed E-state index contributed by atoms with van der Waals surface area (Å²) in [6, 6.07) is 0. The third-order valence-corrected chi connectivity index (χ3v) is 6.18. The number of hydrogen-bond acceptors (Lipinski definition) is 4. The second-order valence-electron chi connectivity index (χ2n) is 8.84. The Hall–Kier alpha value is -0.870. The molecule has 0 aromatic carbocycles. The molecule has 29 heavy (non-hydrogen) atoms. The molecule has 0 radical (unpaired) electrons. The molecule has 0 amide bonds. The number of ether oxygens (including phenoxy) is 3. The maximum Gasteiger partial charge on any atom is 0.306 e. The van der Waals surface area contributed by atoms with Gasteiger partial charge in [-0.2, -0.15) is 0 Å². The van der Waals surface area contributed by atoms with Gasteiger partial charge in [0.2, 0.25) is 0 Å². The molecule has 2 aliphatic heterocycles. The Morgan fingerprint density at radius 2 is 1.24 bits per heavy atom. The lowest BCUT2D eigenvalue weighted by Crippen LogP contribution is -2.03. The van der Waals surface area contributed by atoms with Crippen LogP contribution >= 0.6 is 0 Å². The summed E-state index contributed by atoms with van der Waals surface area (Å²) in [7, 11) is 0. The van der Waals surface area contributed by atoms with Gasteiger partial charge in [-0.3, -0.25) is 4.79 Å². The zero-order chi connectivity index (χ0) is 20.7. The summed E-state index contributed by atoms with van der Waals surface area (Å²) in [4.78, 5) is 11.4. The van der Waals surface area contributed by atoms with Crippen LogP contribution in [0.1, 0.15) is 110 Å². The highest BCUT2D eigenvalue weighted by molar-refractivity contribution is 5.69. The third-order valence-electron chi connectivity index (χ3n) is 6.18. The van der Waals surface area contributed by atoms with Gasteiger partial charge < -0.3 is 14.2 Å². The minimum absolute atomic E-state index is 0.0995. The van der Waals surface area contributed by atoms with Gasteiger partial charge in [0, 0.05) is 6.42 Å². The first-order valence-corrected chi connectivity index (χ1v) is 12.3. The predicted molar refractivity (Wildman–Crippen MR) is 118 cm³/mol. The van der Waals surface area contributed by atoms with Crippen LogP contribution in [0.5, 0.6) is 0 Å². The van der Waals surface area contributed by atoms with Gasteiger partial charge in [-0.1, -0.05) is 77.4 Å². The quantitative estimate of drug-likeness (QED) is 0.0997. The van der Waals surface area contributed by atoms with E-state index in [2.05, 4.69) is 13.5 Å². The normalized spacial score (nSPS) is 25.0. The lowest BCUT2D eigenvalue weighted by atomic mass is 10.0. The lowest BCUT2D eigenvalue weighted by Gasteiger charge is -2.02. The molecule has 2 aliphatic rings. The van der Waals surface area contributed by atoms with Crippen LogP contribution in [-0.2, 0) is 19.0 Å². The van der Waals surface area contributed by atoms with Gasteiger partial charge >= 0.3 is 5.97 Å². The monoisotopic (exact) mass is 408 g/mol. The smallest absolute Gasteiger partial charge is 0.306 e. The molecule has 0 N–H and O–H groups in total. The molecular formula is C25H44O4. The number of unbranched alkanes of at least 4 members (excludes halogenated alkanes) is 8. The maximum atomic E-state index is 11.4. The Bertz CT molecular complexity index is 450. The van der Waals surface area contributed by atoms with E-state index in [0.29, 0.717) is 37.4 Å². The second-order valence-corrected chi connectivity index (χ2v) is 8.84. The van der Waals surface area contributed by atoms with Crippen molar-refractivity contribution in [3.05, 3.63) is 12.7 Å². The molecule has 2 rings (SSSR count). The van der Waals surface area contributed by atoms with E-state index in [1.807, 2.05) is 0 Å². The molecule has 0 bridgehead atoms. The number of esters is 1. The fourth-order valence-electron chi connectivity index (χ4n) is 4.21. The molecule has 4 unspecified atom stereocenters.